The number of anilines is 1. The van der Waals surface area contributed by atoms with E-state index in [9.17, 15) is 13.2 Å². The first-order valence-electron chi connectivity index (χ1n) is 10.4. The summed E-state index contributed by atoms with van der Waals surface area (Å²) in [6.07, 6.45) is 5.65. The fourth-order valence-corrected chi connectivity index (χ4v) is 4.43. The van der Waals surface area contributed by atoms with E-state index in [1.54, 1.807) is 48.5 Å². The Hall–Kier alpha value is -2.05. The third-order valence-corrected chi connectivity index (χ3v) is 6.60. The van der Waals surface area contributed by atoms with E-state index in [2.05, 4.69) is 19.2 Å². The maximum Gasteiger partial charge on any atom is 0.251 e. The minimum Gasteiger partial charge on any atom is -0.352 e. The van der Waals surface area contributed by atoms with Gasteiger partial charge in [0.1, 0.15) is 0 Å². The third-order valence-electron chi connectivity index (χ3n) is 5.16. The number of nitrogens with zero attached hydrogens (tertiary/aromatic N) is 1. The van der Waals surface area contributed by atoms with Crippen molar-refractivity contribution >= 4 is 33.2 Å². The predicted molar refractivity (Wildman–Crippen MR) is 125 cm³/mol. The van der Waals surface area contributed by atoms with Crippen LogP contribution in [0.3, 0.4) is 0 Å². The number of nitrogens with one attached hydrogen (secondary N) is 1. The summed E-state index contributed by atoms with van der Waals surface area (Å²) in [4.78, 5) is 12.5. The van der Waals surface area contributed by atoms with Crippen molar-refractivity contribution in [3.63, 3.8) is 0 Å². The second kappa shape index (κ2) is 11.4. The van der Waals surface area contributed by atoms with Gasteiger partial charge in [-0.1, -0.05) is 69.0 Å². The van der Waals surface area contributed by atoms with Crippen LogP contribution >= 0.6 is 11.6 Å². The van der Waals surface area contributed by atoms with Crippen LogP contribution in [0.15, 0.2) is 48.5 Å². The van der Waals surface area contributed by atoms with Crippen molar-refractivity contribution in [1.29, 1.82) is 0 Å². The van der Waals surface area contributed by atoms with Crippen molar-refractivity contribution in [3.05, 3.63) is 64.7 Å². The number of unbranched alkanes of at least 4 members (excludes halogenated alkanes) is 1. The molecule has 2 aromatic carbocycles. The first kappa shape index (κ1) is 24.2. The van der Waals surface area contributed by atoms with Gasteiger partial charge in [0.2, 0.25) is 10.0 Å². The topological polar surface area (TPSA) is 66.5 Å². The highest BCUT2D eigenvalue weighted by Crippen LogP contribution is 2.28. The predicted octanol–water partition coefficient (Wildman–Crippen LogP) is 5.25. The molecule has 0 spiro atoms. The number of carbonyl (C=O) groups is 1. The van der Waals surface area contributed by atoms with Crippen molar-refractivity contribution in [3.8, 4) is 0 Å². The second-order valence-corrected chi connectivity index (χ2v) is 9.86. The van der Waals surface area contributed by atoms with Gasteiger partial charge in [0.15, 0.2) is 0 Å². The third kappa shape index (κ3) is 7.03. The highest BCUT2D eigenvalue weighted by molar-refractivity contribution is 7.92. The summed E-state index contributed by atoms with van der Waals surface area (Å²) in [7, 11) is -3.52. The average molecular weight is 451 g/mol. The van der Waals surface area contributed by atoms with E-state index in [0.717, 1.165) is 31.1 Å². The fourth-order valence-electron chi connectivity index (χ4n) is 3.24. The second-order valence-electron chi connectivity index (χ2n) is 7.54. The molecule has 0 saturated carbocycles. The lowest BCUT2D eigenvalue weighted by Gasteiger charge is -2.23. The molecule has 2 rings (SSSR count). The molecule has 164 valence electrons. The number of para-hydroxylation sites is 1. The zero-order chi connectivity index (χ0) is 22.1. The number of hydrogen-bond acceptors (Lipinski definition) is 3. The Kier molecular flexibility index (Phi) is 9.18. The standard InChI is InChI=1S/C23H31ClN2O3S/c1-4-6-9-18(5-2)16-25-23(27)20-14-12-19(13-15-20)17-26(30(3,28)29)22-11-8-7-10-21(22)24/h7-8,10-15,18H,4-6,9,16-17H2,1-3H3,(H,25,27). The molecular weight excluding hydrogens is 420 g/mol. The van der Waals surface area contributed by atoms with E-state index >= 15 is 0 Å². The SMILES string of the molecule is CCCCC(CC)CNC(=O)c1ccc(CN(c2ccccc2Cl)S(C)(=O)=O)cc1. The Morgan fingerprint density at radius 1 is 1.10 bits per heavy atom. The molecule has 5 nitrogen and oxygen atoms in total. The zero-order valence-corrected chi connectivity index (χ0v) is 19.5. The lowest BCUT2D eigenvalue weighted by atomic mass is 9.99. The average Bonchev–Trinajstić information content (AvgIpc) is 2.72. The Balaban J connectivity index is 2.07. The Morgan fingerprint density at radius 2 is 1.77 bits per heavy atom. The van der Waals surface area contributed by atoms with Crippen LogP contribution < -0.4 is 9.62 Å². The molecule has 0 aliphatic heterocycles. The van der Waals surface area contributed by atoms with Crippen molar-refractivity contribution in [2.24, 2.45) is 5.92 Å². The number of halogens is 1. The molecule has 0 heterocycles. The quantitative estimate of drug-likeness (QED) is 0.508. The van der Waals surface area contributed by atoms with Gasteiger partial charge in [-0.05, 0) is 42.2 Å². The molecular formula is C23H31ClN2O3S. The van der Waals surface area contributed by atoms with Crippen LogP contribution in [0.5, 0.6) is 0 Å². The fraction of sp³-hybridized carbons (Fsp3) is 0.435. The lowest BCUT2D eigenvalue weighted by molar-refractivity contribution is 0.0946. The molecule has 30 heavy (non-hydrogen) atoms. The van der Waals surface area contributed by atoms with Crippen LogP contribution in [-0.2, 0) is 16.6 Å². The highest BCUT2D eigenvalue weighted by Gasteiger charge is 2.20. The van der Waals surface area contributed by atoms with E-state index < -0.39 is 10.0 Å². The van der Waals surface area contributed by atoms with E-state index in [1.807, 2.05) is 0 Å². The number of amides is 1. The number of sulfonamides is 1. The summed E-state index contributed by atoms with van der Waals surface area (Å²) in [5.74, 6) is 0.384. The molecule has 0 bridgehead atoms. The summed E-state index contributed by atoms with van der Waals surface area (Å²) in [6, 6.07) is 13.8. The smallest absolute Gasteiger partial charge is 0.251 e. The molecule has 1 amide bonds. The summed E-state index contributed by atoms with van der Waals surface area (Å²) in [5, 5.41) is 3.38. The molecule has 0 saturated heterocycles. The molecule has 7 heteroatoms. The zero-order valence-electron chi connectivity index (χ0n) is 17.9. The monoisotopic (exact) mass is 450 g/mol. The van der Waals surface area contributed by atoms with Crippen molar-refractivity contribution in [1.82, 2.24) is 5.32 Å². The van der Waals surface area contributed by atoms with Gasteiger partial charge in [0, 0.05) is 12.1 Å². The lowest BCUT2D eigenvalue weighted by Crippen LogP contribution is -2.30. The van der Waals surface area contributed by atoms with Gasteiger partial charge in [0.25, 0.3) is 5.91 Å². The first-order chi connectivity index (χ1) is 14.3. The molecule has 1 N–H and O–H groups in total. The van der Waals surface area contributed by atoms with Gasteiger partial charge in [-0.3, -0.25) is 9.10 Å². The summed E-state index contributed by atoms with van der Waals surface area (Å²) < 4.78 is 25.9. The number of rotatable bonds is 11. The van der Waals surface area contributed by atoms with Gasteiger partial charge < -0.3 is 5.32 Å². The van der Waals surface area contributed by atoms with Crippen molar-refractivity contribution in [2.75, 3.05) is 17.1 Å². The number of hydrogen-bond donors (Lipinski definition) is 1. The van der Waals surface area contributed by atoms with Gasteiger partial charge in [0.05, 0.1) is 23.5 Å². The van der Waals surface area contributed by atoms with Crippen LogP contribution in [0.1, 0.15) is 55.5 Å². The number of benzene rings is 2. The molecule has 2 aromatic rings. The van der Waals surface area contributed by atoms with Crippen LogP contribution in [0.4, 0.5) is 5.69 Å². The van der Waals surface area contributed by atoms with Crippen LogP contribution in [0.25, 0.3) is 0 Å². The van der Waals surface area contributed by atoms with E-state index in [0.29, 0.717) is 28.7 Å². The van der Waals surface area contributed by atoms with Crippen LogP contribution in [0, 0.1) is 5.92 Å². The minimum absolute atomic E-state index is 0.109. The number of carbonyl (C=O) groups excluding carboxylic acids is 1. The largest absolute Gasteiger partial charge is 0.352 e. The molecule has 1 unspecified atom stereocenters. The summed E-state index contributed by atoms with van der Waals surface area (Å²) >= 11 is 6.20. The Labute approximate surface area is 185 Å². The molecule has 0 fully saturated rings. The Morgan fingerprint density at radius 3 is 2.33 bits per heavy atom. The normalized spacial score (nSPS) is 12.4. The van der Waals surface area contributed by atoms with E-state index in [1.165, 1.54) is 10.7 Å². The van der Waals surface area contributed by atoms with Crippen LogP contribution in [0.2, 0.25) is 5.02 Å². The summed E-state index contributed by atoms with van der Waals surface area (Å²) in [6.45, 7) is 5.13. The van der Waals surface area contributed by atoms with E-state index in [4.69, 9.17) is 11.6 Å². The Bertz CT molecular complexity index is 930. The van der Waals surface area contributed by atoms with Gasteiger partial charge in [-0.25, -0.2) is 8.42 Å². The highest BCUT2D eigenvalue weighted by atomic mass is 35.5. The minimum atomic E-state index is -3.52. The van der Waals surface area contributed by atoms with Gasteiger partial charge in [-0.2, -0.15) is 0 Å². The maximum absolute atomic E-state index is 12.5. The van der Waals surface area contributed by atoms with Gasteiger partial charge >= 0.3 is 0 Å². The maximum atomic E-state index is 12.5. The van der Waals surface area contributed by atoms with Gasteiger partial charge in [-0.15, -0.1) is 0 Å². The molecule has 0 aliphatic rings. The molecule has 1 atom stereocenters. The molecule has 0 aromatic heterocycles. The van der Waals surface area contributed by atoms with E-state index in [-0.39, 0.29) is 12.5 Å². The van der Waals surface area contributed by atoms with Crippen LogP contribution in [-0.4, -0.2) is 27.1 Å². The molecule has 0 aliphatic carbocycles. The molecule has 0 radical (unpaired) electrons. The first-order valence-corrected chi connectivity index (χ1v) is 12.6. The van der Waals surface area contributed by atoms with Crippen molar-refractivity contribution < 1.29 is 13.2 Å². The summed E-state index contributed by atoms with van der Waals surface area (Å²) in [5.41, 5.74) is 1.76. The van der Waals surface area contributed by atoms with Crippen molar-refractivity contribution in [2.45, 2.75) is 46.1 Å².